The molecule has 2 aliphatic rings. The molecule has 3 rings (SSSR count). The zero-order chi connectivity index (χ0) is 15.2. The van der Waals surface area contributed by atoms with Crippen LogP contribution in [-0.4, -0.2) is 51.6 Å². The van der Waals surface area contributed by atoms with Crippen molar-refractivity contribution in [1.29, 1.82) is 0 Å². The minimum Gasteiger partial charge on any atom is -0.361 e. The summed E-state index contributed by atoms with van der Waals surface area (Å²) in [6, 6.07) is 1.48. The molecule has 2 saturated heterocycles. The lowest BCUT2D eigenvalue weighted by Gasteiger charge is -2.22. The van der Waals surface area contributed by atoms with Crippen molar-refractivity contribution >= 4 is 11.9 Å². The lowest BCUT2D eigenvalue weighted by Crippen LogP contribution is -2.49. The molecule has 0 radical (unpaired) electrons. The Bertz CT molecular complexity index is 583. The van der Waals surface area contributed by atoms with E-state index in [4.69, 9.17) is 4.52 Å². The maximum absolute atomic E-state index is 12.6. The number of carbonyl (C=O) groups excluding carboxylic acids is 2. The normalized spacial score (nSPS) is 26.4. The molecule has 0 bridgehead atoms. The first-order valence-electron chi connectivity index (χ1n) is 7.22. The van der Waals surface area contributed by atoms with E-state index in [1.165, 1.54) is 4.90 Å². The highest BCUT2D eigenvalue weighted by Gasteiger charge is 2.55. The van der Waals surface area contributed by atoms with Gasteiger partial charge in [-0.1, -0.05) is 5.16 Å². The van der Waals surface area contributed by atoms with Gasteiger partial charge in [-0.25, -0.2) is 4.79 Å². The number of rotatable bonds is 3. The molecule has 1 spiro atoms. The molecule has 1 aromatic rings. The lowest BCUT2D eigenvalue weighted by molar-refractivity contribution is -0.132. The van der Waals surface area contributed by atoms with Crippen LogP contribution in [-0.2, 0) is 11.3 Å². The van der Waals surface area contributed by atoms with Crippen LogP contribution >= 0.6 is 0 Å². The molecule has 7 nitrogen and oxygen atoms in total. The third-order valence-corrected chi connectivity index (χ3v) is 4.12. The summed E-state index contributed by atoms with van der Waals surface area (Å²) in [6.07, 6.45) is 0.637. The van der Waals surface area contributed by atoms with Crippen LogP contribution in [0.4, 0.5) is 4.79 Å². The predicted molar refractivity (Wildman–Crippen MR) is 74.4 cm³/mol. The first kappa shape index (κ1) is 14.1. The summed E-state index contributed by atoms with van der Waals surface area (Å²) < 4.78 is 5.06. The molecule has 2 fully saturated rings. The Labute approximate surface area is 123 Å². The average Bonchev–Trinajstić information content (AvgIpc) is 3.03. The van der Waals surface area contributed by atoms with Gasteiger partial charge in [-0.3, -0.25) is 14.6 Å². The number of imide groups is 1. The molecule has 1 aromatic heterocycles. The van der Waals surface area contributed by atoms with Crippen LogP contribution in [0.5, 0.6) is 0 Å². The smallest absolute Gasteiger partial charge is 0.325 e. The summed E-state index contributed by atoms with van der Waals surface area (Å²) in [4.78, 5) is 28.0. The van der Waals surface area contributed by atoms with Crippen molar-refractivity contribution in [1.82, 2.24) is 20.3 Å². The van der Waals surface area contributed by atoms with Crippen LogP contribution in [0, 0.1) is 6.92 Å². The van der Waals surface area contributed by atoms with Gasteiger partial charge in [-0.2, -0.15) is 0 Å². The zero-order valence-corrected chi connectivity index (χ0v) is 12.5. The molecule has 0 aliphatic carbocycles. The van der Waals surface area contributed by atoms with Crippen molar-refractivity contribution in [3.05, 3.63) is 17.5 Å². The van der Waals surface area contributed by atoms with Crippen molar-refractivity contribution in [2.24, 2.45) is 0 Å². The molecule has 3 heterocycles. The Morgan fingerprint density at radius 3 is 2.81 bits per heavy atom. The van der Waals surface area contributed by atoms with Crippen LogP contribution in [0.1, 0.15) is 31.7 Å². The summed E-state index contributed by atoms with van der Waals surface area (Å²) in [7, 11) is 0. The highest BCUT2D eigenvalue weighted by molar-refractivity contribution is 6.07. The van der Waals surface area contributed by atoms with Crippen molar-refractivity contribution in [3.8, 4) is 0 Å². The van der Waals surface area contributed by atoms with Crippen molar-refractivity contribution < 1.29 is 14.1 Å². The van der Waals surface area contributed by atoms with E-state index in [0.29, 0.717) is 19.5 Å². The minimum absolute atomic E-state index is 0.110. The quantitative estimate of drug-likeness (QED) is 0.837. The number of nitrogens with one attached hydrogen (secondary N) is 1. The van der Waals surface area contributed by atoms with Gasteiger partial charge in [0.1, 0.15) is 11.3 Å². The fraction of sp³-hybridized carbons (Fsp3) is 0.643. The summed E-state index contributed by atoms with van der Waals surface area (Å²) in [6.45, 7) is 7.45. The van der Waals surface area contributed by atoms with E-state index in [9.17, 15) is 9.59 Å². The Morgan fingerprint density at radius 2 is 2.24 bits per heavy atom. The first-order valence-corrected chi connectivity index (χ1v) is 7.22. The van der Waals surface area contributed by atoms with Gasteiger partial charge in [-0.15, -0.1) is 0 Å². The number of aromatic nitrogens is 1. The molecule has 0 aromatic carbocycles. The summed E-state index contributed by atoms with van der Waals surface area (Å²) in [5.41, 5.74) is 0.0854. The largest absolute Gasteiger partial charge is 0.361 e. The van der Waals surface area contributed by atoms with Gasteiger partial charge < -0.3 is 9.84 Å². The molecule has 2 aliphatic heterocycles. The van der Waals surface area contributed by atoms with Crippen LogP contribution < -0.4 is 5.32 Å². The first-order chi connectivity index (χ1) is 9.91. The minimum atomic E-state index is -0.764. The number of hydrogen-bond donors (Lipinski definition) is 1. The van der Waals surface area contributed by atoms with Gasteiger partial charge in [-0.05, 0) is 27.2 Å². The summed E-state index contributed by atoms with van der Waals surface area (Å²) in [5, 5.41) is 6.86. The molecule has 21 heavy (non-hydrogen) atoms. The number of likely N-dealkylation sites (tertiary alicyclic amines) is 1. The van der Waals surface area contributed by atoms with E-state index in [2.05, 4.69) is 15.4 Å². The second-order valence-corrected chi connectivity index (χ2v) is 6.17. The Hall–Kier alpha value is -1.89. The van der Waals surface area contributed by atoms with Crippen molar-refractivity contribution in [2.75, 3.05) is 13.1 Å². The number of amides is 3. The van der Waals surface area contributed by atoms with Crippen molar-refractivity contribution in [2.45, 2.75) is 45.3 Å². The molecule has 7 heteroatoms. The van der Waals surface area contributed by atoms with Gasteiger partial charge >= 0.3 is 6.03 Å². The molecule has 114 valence electrons. The van der Waals surface area contributed by atoms with E-state index in [1.807, 2.05) is 26.8 Å². The molecule has 0 saturated carbocycles. The van der Waals surface area contributed by atoms with E-state index >= 15 is 0 Å². The molecule has 1 atom stereocenters. The molecule has 3 amide bonds. The molecule has 0 unspecified atom stereocenters. The third kappa shape index (κ3) is 2.31. The Balaban J connectivity index is 1.71. The second kappa shape index (κ2) is 4.84. The van der Waals surface area contributed by atoms with Crippen LogP contribution in [0.15, 0.2) is 10.6 Å². The molecular formula is C14H20N4O3. The maximum atomic E-state index is 12.6. The summed E-state index contributed by atoms with van der Waals surface area (Å²) in [5.74, 6) is 0.663. The van der Waals surface area contributed by atoms with Gasteiger partial charge in [0.2, 0.25) is 0 Å². The molecule has 1 N–H and O–H groups in total. The highest BCUT2D eigenvalue weighted by Crippen LogP contribution is 2.30. The van der Waals surface area contributed by atoms with E-state index in [-0.39, 0.29) is 18.0 Å². The highest BCUT2D eigenvalue weighted by atomic mass is 16.5. The number of hydrogen-bond acceptors (Lipinski definition) is 5. The van der Waals surface area contributed by atoms with Crippen LogP contribution in [0.25, 0.3) is 0 Å². The maximum Gasteiger partial charge on any atom is 0.325 e. The Kier molecular flexibility index (Phi) is 3.24. The van der Waals surface area contributed by atoms with Crippen LogP contribution in [0.3, 0.4) is 0 Å². The van der Waals surface area contributed by atoms with Gasteiger partial charge in [0.05, 0.1) is 5.69 Å². The van der Waals surface area contributed by atoms with E-state index in [1.54, 1.807) is 0 Å². The predicted octanol–water partition coefficient (Wildman–Crippen LogP) is 0.888. The standard InChI is InChI=1S/C14H20N4O3/c1-9(2)18-12(19)14(15-13(18)20)4-5-17(8-14)7-11-6-10(3)21-16-11/h6,9H,4-5,7-8H2,1-3H3,(H,15,20)/t14-/m1/s1. The zero-order valence-electron chi connectivity index (χ0n) is 12.5. The van der Waals surface area contributed by atoms with Gasteiger partial charge in [0.15, 0.2) is 0 Å². The summed E-state index contributed by atoms with van der Waals surface area (Å²) >= 11 is 0. The molecular weight excluding hydrogens is 272 g/mol. The van der Waals surface area contributed by atoms with Crippen molar-refractivity contribution in [3.63, 3.8) is 0 Å². The average molecular weight is 292 g/mol. The monoisotopic (exact) mass is 292 g/mol. The number of carbonyl (C=O) groups is 2. The second-order valence-electron chi connectivity index (χ2n) is 6.17. The lowest BCUT2D eigenvalue weighted by atomic mass is 9.98. The van der Waals surface area contributed by atoms with Gasteiger partial charge in [0, 0.05) is 31.7 Å². The topological polar surface area (TPSA) is 78.7 Å². The number of nitrogens with zero attached hydrogens (tertiary/aromatic N) is 3. The van der Waals surface area contributed by atoms with E-state index in [0.717, 1.165) is 18.0 Å². The fourth-order valence-electron chi connectivity index (χ4n) is 3.13. The number of aryl methyl sites for hydroxylation is 1. The van der Waals surface area contributed by atoms with E-state index < -0.39 is 5.54 Å². The fourth-order valence-corrected chi connectivity index (χ4v) is 3.13. The number of urea groups is 1. The van der Waals surface area contributed by atoms with Crippen LogP contribution in [0.2, 0.25) is 0 Å². The SMILES string of the molecule is Cc1cc(CN2CC[C@]3(C2)NC(=O)N(C(C)C)C3=O)no1. The Morgan fingerprint density at radius 1 is 1.48 bits per heavy atom. The van der Waals surface area contributed by atoms with Gasteiger partial charge in [0.25, 0.3) is 5.91 Å². The third-order valence-electron chi connectivity index (χ3n) is 4.12.